The molecule has 1 heterocycles. The van der Waals surface area contributed by atoms with Crippen molar-refractivity contribution < 1.29 is 17.9 Å². The van der Waals surface area contributed by atoms with Gasteiger partial charge in [-0.15, -0.1) is 0 Å². The zero-order valence-electron chi connectivity index (χ0n) is 17.6. The van der Waals surface area contributed by atoms with Gasteiger partial charge in [-0.25, -0.2) is 13.1 Å². The molecule has 0 bridgehead atoms. The van der Waals surface area contributed by atoms with Crippen molar-refractivity contribution in [3.8, 4) is 0 Å². The van der Waals surface area contributed by atoms with E-state index in [9.17, 15) is 13.2 Å². The Morgan fingerprint density at radius 3 is 2.38 bits per heavy atom. The van der Waals surface area contributed by atoms with E-state index in [1.165, 1.54) is 0 Å². The number of anilines is 2. The minimum Gasteiger partial charge on any atom is -0.378 e. The molecule has 2 N–H and O–H groups in total. The third-order valence-electron chi connectivity index (χ3n) is 5.72. The van der Waals surface area contributed by atoms with E-state index in [0.717, 1.165) is 37.7 Å². The third kappa shape index (κ3) is 5.71. The van der Waals surface area contributed by atoms with Gasteiger partial charge in [0.25, 0.3) is 0 Å². The molecule has 0 spiro atoms. The second-order valence-electron chi connectivity index (χ2n) is 8.92. The van der Waals surface area contributed by atoms with Crippen LogP contribution in [0.5, 0.6) is 0 Å². The van der Waals surface area contributed by atoms with Gasteiger partial charge in [-0.3, -0.25) is 4.79 Å². The van der Waals surface area contributed by atoms with E-state index in [2.05, 4.69) is 14.9 Å². The Bertz CT molecular complexity index is 805. The van der Waals surface area contributed by atoms with Gasteiger partial charge in [-0.2, -0.15) is 0 Å². The van der Waals surface area contributed by atoms with Crippen LogP contribution in [0, 0.1) is 5.92 Å². The molecule has 2 aliphatic rings. The van der Waals surface area contributed by atoms with Crippen molar-refractivity contribution >= 4 is 27.3 Å². The second-order valence-corrected chi connectivity index (χ2v) is 11.4. The van der Waals surface area contributed by atoms with Crippen molar-refractivity contribution in [1.29, 1.82) is 0 Å². The highest BCUT2D eigenvalue weighted by molar-refractivity contribution is 7.90. The molecule has 1 amide bonds. The molecule has 8 heteroatoms. The number of amides is 1. The molecule has 1 aromatic rings. The van der Waals surface area contributed by atoms with Crippen LogP contribution in [0.25, 0.3) is 0 Å². The summed E-state index contributed by atoms with van der Waals surface area (Å²) in [5.74, 6) is -0.0707. The Hall–Kier alpha value is -1.64. The number of nitrogens with zero attached hydrogens (tertiary/aromatic N) is 1. The molecule has 0 radical (unpaired) electrons. The third-order valence-corrected chi connectivity index (χ3v) is 7.97. The van der Waals surface area contributed by atoms with Crippen molar-refractivity contribution in [3.63, 3.8) is 0 Å². The minimum atomic E-state index is -3.36. The summed E-state index contributed by atoms with van der Waals surface area (Å²) >= 11 is 0. The Morgan fingerprint density at radius 1 is 1.10 bits per heavy atom. The summed E-state index contributed by atoms with van der Waals surface area (Å²) in [7, 11) is -3.36. The van der Waals surface area contributed by atoms with E-state index in [1.807, 2.05) is 24.3 Å². The molecule has 0 aromatic heterocycles. The molecule has 162 valence electrons. The van der Waals surface area contributed by atoms with E-state index in [4.69, 9.17) is 4.74 Å². The molecular weight excluding hydrogens is 390 g/mol. The number of benzene rings is 1. The maximum atomic E-state index is 12.7. The van der Waals surface area contributed by atoms with Gasteiger partial charge in [0.05, 0.1) is 18.0 Å². The maximum absolute atomic E-state index is 12.7. The Balaban J connectivity index is 1.52. The molecule has 1 aromatic carbocycles. The fourth-order valence-corrected chi connectivity index (χ4v) is 4.74. The summed E-state index contributed by atoms with van der Waals surface area (Å²) < 4.78 is 32.1. The normalized spacial score (nSPS) is 23.6. The van der Waals surface area contributed by atoms with Gasteiger partial charge in [0.15, 0.2) is 0 Å². The monoisotopic (exact) mass is 423 g/mol. The summed E-state index contributed by atoms with van der Waals surface area (Å²) in [4.78, 5) is 15.0. The highest BCUT2D eigenvalue weighted by atomic mass is 32.2. The van der Waals surface area contributed by atoms with E-state index < -0.39 is 14.8 Å². The highest BCUT2D eigenvalue weighted by Crippen LogP contribution is 2.28. The second kappa shape index (κ2) is 9.02. The number of hydrogen-bond donors (Lipinski definition) is 2. The molecule has 1 aliphatic carbocycles. The fraction of sp³-hybridized carbons (Fsp3) is 0.667. The van der Waals surface area contributed by atoms with Gasteiger partial charge in [0.1, 0.15) is 0 Å². The summed E-state index contributed by atoms with van der Waals surface area (Å²) in [5.41, 5.74) is 1.89. The van der Waals surface area contributed by atoms with Gasteiger partial charge in [-0.05, 0) is 64.7 Å². The molecule has 2 fully saturated rings. The summed E-state index contributed by atoms with van der Waals surface area (Å²) in [6, 6.07) is 7.83. The van der Waals surface area contributed by atoms with Crippen LogP contribution in [0.1, 0.15) is 46.5 Å². The van der Waals surface area contributed by atoms with Gasteiger partial charge < -0.3 is 15.0 Å². The molecular formula is C21H33N3O4S. The zero-order chi connectivity index (χ0) is 21.1. The van der Waals surface area contributed by atoms with Crippen LogP contribution < -0.4 is 14.9 Å². The standard InChI is InChI=1S/C21H33N3O4S/c1-21(2,3)29(26,27)23-17-9-7-16(8-10-17)20(25)22-18-5-4-6-19(15-18)24-11-13-28-14-12-24/h4-6,15-17,23H,7-14H2,1-3H3,(H,22,25)/t16-,17-. The molecule has 1 saturated carbocycles. The first-order valence-corrected chi connectivity index (χ1v) is 11.9. The predicted molar refractivity (Wildman–Crippen MR) is 116 cm³/mol. The van der Waals surface area contributed by atoms with E-state index in [1.54, 1.807) is 20.8 Å². The van der Waals surface area contributed by atoms with Crippen LogP contribution in [0.2, 0.25) is 0 Å². The minimum absolute atomic E-state index is 0.0151. The Kier molecular flexibility index (Phi) is 6.86. The lowest BCUT2D eigenvalue weighted by atomic mass is 9.86. The average Bonchev–Trinajstić information content (AvgIpc) is 2.68. The van der Waals surface area contributed by atoms with Gasteiger partial charge in [-0.1, -0.05) is 6.07 Å². The summed E-state index contributed by atoms with van der Waals surface area (Å²) in [6.07, 6.45) is 2.74. The zero-order valence-corrected chi connectivity index (χ0v) is 18.4. The number of morpholine rings is 1. The first-order valence-electron chi connectivity index (χ1n) is 10.4. The lowest BCUT2D eigenvalue weighted by Gasteiger charge is -2.31. The molecule has 7 nitrogen and oxygen atoms in total. The Labute approximate surface area is 174 Å². The quantitative estimate of drug-likeness (QED) is 0.760. The number of carbonyl (C=O) groups is 1. The average molecular weight is 424 g/mol. The van der Waals surface area contributed by atoms with Crippen molar-refractivity contribution in [2.45, 2.75) is 57.2 Å². The topological polar surface area (TPSA) is 87.7 Å². The molecule has 0 atom stereocenters. The highest BCUT2D eigenvalue weighted by Gasteiger charge is 2.34. The number of nitrogens with one attached hydrogen (secondary N) is 2. The Morgan fingerprint density at radius 2 is 1.76 bits per heavy atom. The van der Waals surface area contributed by atoms with Crippen LogP contribution in [0.4, 0.5) is 11.4 Å². The lowest BCUT2D eigenvalue weighted by molar-refractivity contribution is -0.120. The fourth-order valence-electron chi connectivity index (χ4n) is 3.72. The van der Waals surface area contributed by atoms with Crippen LogP contribution in [-0.4, -0.2) is 51.4 Å². The van der Waals surface area contributed by atoms with Gasteiger partial charge in [0, 0.05) is 36.4 Å². The van der Waals surface area contributed by atoms with E-state index in [0.29, 0.717) is 25.7 Å². The molecule has 3 rings (SSSR count). The predicted octanol–water partition coefficient (Wildman–Crippen LogP) is 2.74. The van der Waals surface area contributed by atoms with E-state index in [-0.39, 0.29) is 17.9 Å². The SMILES string of the molecule is CC(C)(C)S(=O)(=O)N[C@H]1CC[C@H](C(=O)Nc2cccc(N3CCOCC3)c2)CC1. The van der Waals surface area contributed by atoms with Crippen LogP contribution >= 0.6 is 0 Å². The van der Waals surface area contributed by atoms with Crippen molar-refractivity contribution in [2.24, 2.45) is 5.92 Å². The smallest absolute Gasteiger partial charge is 0.227 e. The number of carbonyl (C=O) groups excluding carboxylic acids is 1. The first-order chi connectivity index (χ1) is 13.7. The molecule has 1 aliphatic heterocycles. The lowest BCUT2D eigenvalue weighted by Crippen LogP contribution is -2.46. The van der Waals surface area contributed by atoms with Crippen LogP contribution in [0.15, 0.2) is 24.3 Å². The number of rotatable bonds is 5. The number of ether oxygens (including phenoxy) is 1. The summed E-state index contributed by atoms with van der Waals surface area (Å²) in [5, 5.41) is 3.04. The van der Waals surface area contributed by atoms with Crippen molar-refractivity contribution in [1.82, 2.24) is 4.72 Å². The van der Waals surface area contributed by atoms with Gasteiger partial charge >= 0.3 is 0 Å². The van der Waals surface area contributed by atoms with E-state index >= 15 is 0 Å². The largest absolute Gasteiger partial charge is 0.378 e. The van der Waals surface area contributed by atoms with Crippen LogP contribution in [0.3, 0.4) is 0 Å². The van der Waals surface area contributed by atoms with Crippen LogP contribution in [-0.2, 0) is 19.6 Å². The molecule has 0 unspecified atom stereocenters. The number of hydrogen-bond acceptors (Lipinski definition) is 5. The first kappa shape index (κ1) is 22.1. The summed E-state index contributed by atoms with van der Waals surface area (Å²) in [6.45, 7) is 8.23. The molecule has 29 heavy (non-hydrogen) atoms. The number of sulfonamides is 1. The maximum Gasteiger partial charge on any atom is 0.227 e. The van der Waals surface area contributed by atoms with Gasteiger partial charge in [0.2, 0.25) is 15.9 Å². The van der Waals surface area contributed by atoms with Crippen molar-refractivity contribution in [3.05, 3.63) is 24.3 Å². The molecule has 1 saturated heterocycles. The van der Waals surface area contributed by atoms with Crippen molar-refractivity contribution in [2.75, 3.05) is 36.5 Å².